The summed E-state index contributed by atoms with van der Waals surface area (Å²) in [6.45, 7) is 8.99. The third-order valence-corrected chi connectivity index (χ3v) is 4.01. The highest BCUT2D eigenvalue weighted by atomic mass is 16.2. The molecule has 0 bridgehead atoms. The number of piperazine rings is 1. The fourth-order valence-corrected chi connectivity index (χ4v) is 2.49. The van der Waals surface area contributed by atoms with E-state index >= 15 is 0 Å². The SMILES string of the molecule is CC(C)C(CCN)CCC(=O)NN1CCN(C)CC1. The van der Waals surface area contributed by atoms with Gasteiger partial charge in [-0.15, -0.1) is 0 Å². The van der Waals surface area contributed by atoms with Crippen LogP contribution in [0.4, 0.5) is 0 Å². The lowest BCUT2D eigenvalue weighted by atomic mass is 9.88. The molecule has 0 aromatic heterocycles. The molecule has 1 fully saturated rings. The van der Waals surface area contributed by atoms with E-state index in [4.69, 9.17) is 5.73 Å². The first-order chi connectivity index (χ1) is 9.02. The van der Waals surface area contributed by atoms with Gasteiger partial charge in [-0.25, -0.2) is 5.01 Å². The monoisotopic (exact) mass is 270 g/mol. The summed E-state index contributed by atoms with van der Waals surface area (Å²) in [5.74, 6) is 1.30. The van der Waals surface area contributed by atoms with Crippen molar-refractivity contribution >= 4 is 5.91 Å². The minimum atomic E-state index is 0.146. The van der Waals surface area contributed by atoms with Gasteiger partial charge in [0.05, 0.1) is 0 Å². The van der Waals surface area contributed by atoms with Crippen LogP contribution in [0.15, 0.2) is 0 Å². The number of hydrazine groups is 1. The highest BCUT2D eigenvalue weighted by molar-refractivity contribution is 5.75. The summed E-state index contributed by atoms with van der Waals surface area (Å²) in [6.07, 6.45) is 2.56. The van der Waals surface area contributed by atoms with Gasteiger partial charge in [-0.3, -0.25) is 10.2 Å². The predicted molar refractivity (Wildman–Crippen MR) is 78.4 cm³/mol. The van der Waals surface area contributed by atoms with Crippen molar-refractivity contribution in [1.82, 2.24) is 15.3 Å². The number of likely N-dealkylation sites (N-methyl/N-ethyl adjacent to an activating group) is 1. The molecule has 0 spiro atoms. The third kappa shape index (κ3) is 6.36. The zero-order valence-electron chi connectivity index (χ0n) is 12.7. The number of nitrogens with one attached hydrogen (secondary N) is 1. The first kappa shape index (κ1) is 16.4. The second-order valence-corrected chi connectivity index (χ2v) is 5.95. The Labute approximate surface area is 117 Å². The molecular formula is C14H30N4O. The molecule has 0 radical (unpaired) electrons. The predicted octanol–water partition coefficient (Wildman–Crippen LogP) is 0.666. The lowest BCUT2D eigenvalue weighted by molar-refractivity contribution is -0.127. The smallest absolute Gasteiger partial charge is 0.234 e. The van der Waals surface area contributed by atoms with E-state index in [1.807, 2.05) is 5.01 Å². The Morgan fingerprint density at radius 1 is 1.21 bits per heavy atom. The molecule has 1 atom stereocenters. The van der Waals surface area contributed by atoms with E-state index in [9.17, 15) is 4.79 Å². The molecule has 0 aromatic rings. The maximum absolute atomic E-state index is 11.9. The van der Waals surface area contributed by atoms with Gasteiger partial charge in [0, 0.05) is 32.6 Å². The van der Waals surface area contributed by atoms with Gasteiger partial charge in [-0.2, -0.15) is 0 Å². The second kappa shape index (κ2) is 8.51. The molecule has 1 heterocycles. The largest absolute Gasteiger partial charge is 0.330 e. The molecule has 1 amide bonds. The van der Waals surface area contributed by atoms with Crippen LogP contribution in [-0.4, -0.2) is 55.6 Å². The number of carbonyl (C=O) groups excluding carboxylic acids is 1. The number of hydrogen-bond donors (Lipinski definition) is 2. The van der Waals surface area contributed by atoms with Crippen LogP contribution in [0, 0.1) is 11.8 Å². The van der Waals surface area contributed by atoms with Crippen LogP contribution < -0.4 is 11.2 Å². The van der Waals surface area contributed by atoms with Gasteiger partial charge < -0.3 is 10.6 Å². The topological polar surface area (TPSA) is 61.6 Å². The summed E-state index contributed by atoms with van der Waals surface area (Å²) >= 11 is 0. The van der Waals surface area contributed by atoms with Gasteiger partial charge in [-0.1, -0.05) is 13.8 Å². The molecule has 1 aliphatic heterocycles. The zero-order valence-corrected chi connectivity index (χ0v) is 12.7. The molecule has 1 rings (SSSR count). The van der Waals surface area contributed by atoms with Crippen LogP contribution in [-0.2, 0) is 4.79 Å². The average molecular weight is 270 g/mol. The molecule has 0 saturated carbocycles. The van der Waals surface area contributed by atoms with Crippen LogP contribution in [0.3, 0.4) is 0 Å². The highest BCUT2D eigenvalue weighted by Gasteiger charge is 2.18. The maximum Gasteiger partial charge on any atom is 0.234 e. The summed E-state index contributed by atoms with van der Waals surface area (Å²) in [5.41, 5.74) is 8.63. The molecule has 1 aliphatic rings. The maximum atomic E-state index is 11.9. The Kier molecular flexibility index (Phi) is 7.34. The lowest BCUT2D eigenvalue weighted by Gasteiger charge is -2.32. The van der Waals surface area contributed by atoms with Crippen LogP contribution in [0.25, 0.3) is 0 Å². The molecule has 1 unspecified atom stereocenters. The van der Waals surface area contributed by atoms with E-state index in [0.29, 0.717) is 24.8 Å². The Bertz CT molecular complexity index is 262. The Morgan fingerprint density at radius 3 is 2.37 bits per heavy atom. The van der Waals surface area contributed by atoms with E-state index in [1.165, 1.54) is 0 Å². The standard InChI is InChI=1S/C14H30N4O/c1-12(2)13(6-7-15)4-5-14(19)16-18-10-8-17(3)9-11-18/h12-13H,4-11,15H2,1-3H3,(H,16,19). The first-order valence-electron chi connectivity index (χ1n) is 7.46. The molecule has 0 aliphatic carbocycles. The molecule has 19 heavy (non-hydrogen) atoms. The quantitative estimate of drug-likeness (QED) is 0.714. The van der Waals surface area contributed by atoms with Crippen LogP contribution in [0.1, 0.15) is 33.1 Å². The molecule has 5 nitrogen and oxygen atoms in total. The van der Waals surface area contributed by atoms with Gasteiger partial charge in [0.25, 0.3) is 0 Å². The van der Waals surface area contributed by atoms with E-state index in [2.05, 4.69) is 31.2 Å². The van der Waals surface area contributed by atoms with Gasteiger partial charge >= 0.3 is 0 Å². The molecule has 0 aromatic carbocycles. The highest BCUT2D eigenvalue weighted by Crippen LogP contribution is 2.20. The molecule has 5 heteroatoms. The number of rotatable bonds is 7. The van der Waals surface area contributed by atoms with Crippen molar-refractivity contribution in [3.8, 4) is 0 Å². The Hall–Kier alpha value is -0.650. The van der Waals surface area contributed by atoms with Crippen molar-refractivity contribution in [2.75, 3.05) is 39.8 Å². The van der Waals surface area contributed by atoms with Crippen molar-refractivity contribution in [1.29, 1.82) is 0 Å². The molecule has 1 saturated heterocycles. The van der Waals surface area contributed by atoms with Crippen molar-refractivity contribution in [2.45, 2.75) is 33.1 Å². The average Bonchev–Trinajstić information content (AvgIpc) is 2.37. The number of amides is 1. The van der Waals surface area contributed by atoms with Crippen molar-refractivity contribution in [2.24, 2.45) is 17.6 Å². The molecule has 3 N–H and O–H groups in total. The summed E-state index contributed by atoms with van der Waals surface area (Å²) in [6, 6.07) is 0. The van der Waals surface area contributed by atoms with E-state index < -0.39 is 0 Å². The minimum absolute atomic E-state index is 0.146. The second-order valence-electron chi connectivity index (χ2n) is 5.95. The van der Waals surface area contributed by atoms with Gasteiger partial charge in [-0.05, 0) is 38.3 Å². The number of carbonyl (C=O) groups is 1. The number of nitrogens with zero attached hydrogens (tertiary/aromatic N) is 2. The summed E-state index contributed by atoms with van der Waals surface area (Å²) in [5, 5.41) is 2.04. The van der Waals surface area contributed by atoms with E-state index in [-0.39, 0.29) is 5.91 Å². The van der Waals surface area contributed by atoms with Crippen LogP contribution in [0.5, 0.6) is 0 Å². The summed E-state index contributed by atoms with van der Waals surface area (Å²) in [4.78, 5) is 14.2. The number of hydrogen-bond acceptors (Lipinski definition) is 4. The Morgan fingerprint density at radius 2 is 1.84 bits per heavy atom. The van der Waals surface area contributed by atoms with Gasteiger partial charge in [0.2, 0.25) is 5.91 Å². The minimum Gasteiger partial charge on any atom is -0.330 e. The molecule has 112 valence electrons. The fourth-order valence-electron chi connectivity index (χ4n) is 2.49. The van der Waals surface area contributed by atoms with Crippen LogP contribution >= 0.6 is 0 Å². The Balaban J connectivity index is 2.23. The van der Waals surface area contributed by atoms with Crippen LogP contribution in [0.2, 0.25) is 0 Å². The number of nitrogens with two attached hydrogens (primary N) is 1. The first-order valence-corrected chi connectivity index (χ1v) is 7.46. The van der Waals surface area contributed by atoms with Gasteiger partial charge in [0.15, 0.2) is 0 Å². The third-order valence-electron chi connectivity index (χ3n) is 4.01. The van der Waals surface area contributed by atoms with E-state index in [0.717, 1.165) is 39.0 Å². The normalized spacial score (nSPS) is 19.6. The van der Waals surface area contributed by atoms with Crippen molar-refractivity contribution < 1.29 is 4.79 Å². The van der Waals surface area contributed by atoms with Crippen molar-refractivity contribution in [3.05, 3.63) is 0 Å². The summed E-state index contributed by atoms with van der Waals surface area (Å²) < 4.78 is 0. The molecular weight excluding hydrogens is 240 g/mol. The van der Waals surface area contributed by atoms with Gasteiger partial charge in [0.1, 0.15) is 0 Å². The summed E-state index contributed by atoms with van der Waals surface area (Å²) in [7, 11) is 2.11. The lowest BCUT2D eigenvalue weighted by Crippen LogP contribution is -2.52. The van der Waals surface area contributed by atoms with Crippen molar-refractivity contribution in [3.63, 3.8) is 0 Å². The van der Waals surface area contributed by atoms with E-state index in [1.54, 1.807) is 0 Å². The zero-order chi connectivity index (χ0) is 14.3. The fraction of sp³-hybridized carbons (Fsp3) is 0.929.